The number of benzene rings is 2. The van der Waals surface area contributed by atoms with Crippen molar-refractivity contribution in [1.29, 1.82) is 0 Å². The standard InChI is InChI=1S/C22H25N3O5S/c1-15(2)24(3)31(29,30)19-9-7-16(8-10-19)14-23-22(28)17-5-4-6-18(13-17)25-20(26)11-12-21(25)27/h4-10,13,15H,11-12,14H2,1-3H3,(H,23,28). The van der Waals surface area contributed by atoms with Crippen molar-refractivity contribution in [2.24, 2.45) is 0 Å². The summed E-state index contributed by atoms with van der Waals surface area (Å²) in [6, 6.07) is 12.5. The Bertz CT molecular complexity index is 1090. The Hall–Kier alpha value is -3.04. The summed E-state index contributed by atoms with van der Waals surface area (Å²) in [5.74, 6) is -0.918. The van der Waals surface area contributed by atoms with Gasteiger partial charge in [0.1, 0.15) is 0 Å². The Morgan fingerprint density at radius 1 is 1.06 bits per heavy atom. The predicted molar refractivity (Wildman–Crippen MR) is 116 cm³/mol. The van der Waals surface area contributed by atoms with Crippen LogP contribution in [0, 0.1) is 0 Å². The van der Waals surface area contributed by atoms with Crippen molar-refractivity contribution in [3.8, 4) is 0 Å². The monoisotopic (exact) mass is 443 g/mol. The molecule has 164 valence electrons. The van der Waals surface area contributed by atoms with Crippen molar-refractivity contribution >= 4 is 33.4 Å². The highest BCUT2D eigenvalue weighted by molar-refractivity contribution is 7.89. The fourth-order valence-corrected chi connectivity index (χ4v) is 4.53. The molecule has 1 aliphatic heterocycles. The van der Waals surface area contributed by atoms with Gasteiger partial charge in [0.05, 0.1) is 10.6 Å². The minimum Gasteiger partial charge on any atom is -0.348 e. The molecule has 1 fully saturated rings. The van der Waals surface area contributed by atoms with E-state index in [1.54, 1.807) is 44.2 Å². The Labute approximate surface area is 181 Å². The van der Waals surface area contributed by atoms with Crippen LogP contribution in [0.5, 0.6) is 0 Å². The summed E-state index contributed by atoms with van der Waals surface area (Å²) < 4.78 is 26.4. The second-order valence-electron chi connectivity index (χ2n) is 7.61. The van der Waals surface area contributed by atoms with Crippen LogP contribution in [0.4, 0.5) is 5.69 Å². The van der Waals surface area contributed by atoms with E-state index in [-0.39, 0.29) is 48.0 Å². The van der Waals surface area contributed by atoms with Gasteiger partial charge < -0.3 is 5.32 Å². The number of carbonyl (C=O) groups excluding carboxylic acids is 3. The number of imide groups is 1. The van der Waals surface area contributed by atoms with Crippen LogP contribution in [0.15, 0.2) is 53.4 Å². The number of rotatable bonds is 7. The van der Waals surface area contributed by atoms with Gasteiger partial charge in [-0.15, -0.1) is 0 Å². The maximum Gasteiger partial charge on any atom is 0.251 e. The summed E-state index contributed by atoms with van der Waals surface area (Å²) >= 11 is 0. The third-order valence-electron chi connectivity index (χ3n) is 5.20. The molecule has 0 aromatic heterocycles. The van der Waals surface area contributed by atoms with E-state index in [1.807, 2.05) is 0 Å². The Kier molecular flexibility index (Phi) is 6.56. The molecule has 1 saturated heterocycles. The van der Waals surface area contributed by atoms with Gasteiger partial charge in [0.2, 0.25) is 21.8 Å². The molecule has 0 radical (unpaired) electrons. The molecule has 2 aromatic carbocycles. The highest BCUT2D eigenvalue weighted by Gasteiger charge is 2.30. The summed E-state index contributed by atoms with van der Waals surface area (Å²) in [6.07, 6.45) is 0.349. The zero-order valence-electron chi connectivity index (χ0n) is 17.7. The fourth-order valence-electron chi connectivity index (χ4n) is 3.16. The summed E-state index contributed by atoms with van der Waals surface area (Å²) in [4.78, 5) is 37.7. The number of nitrogens with zero attached hydrogens (tertiary/aromatic N) is 2. The third-order valence-corrected chi connectivity index (χ3v) is 7.25. The van der Waals surface area contributed by atoms with Crippen LogP contribution in [0.1, 0.15) is 42.6 Å². The second kappa shape index (κ2) is 8.99. The maximum atomic E-state index is 12.5. The quantitative estimate of drug-likeness (QED) is 0.662. The molecule has 0 aliphatic carbocycles. The molecule has 0 unspecified atom stereocenters. The van der Waals surface area contributed by atoms with Crippen LogP contribution in [0.3, 0.4) is 0 Å². The summed E-state index contributed by atoms with van der Waals surface area (Å²) in [7, 11) is -2.03. The predicted octanol–water partition coefficient (Wildman–Crippen LogP) is 2.30. The molecule has 0 saturated carbocycles. The molecule has 0 atom stereocenters. The lowest BCUT2D eigenvalue weighted by Crippen LogP contribution is -2.33. The van der Waals surface area contributed by atoms with Gasteiger partial charge in [0.25, 0.3) is 5.91 Å². The van der Waals surface area contributed by atoms with E-state index in [0.717, 1.165) is 10.5 Å². The van der Waals surface area contributed by atoms with Crippen molar-refractivity contribution < 1.29 is 22.8 Å². The zero-order chi connectivity index (χ0) is 22.8. The van der Waals surface area contributed by atoms with E-state index in [2.05, 4.69) is 5.32 Å². The Morgan fingerprint density at radius 3 is 2.26 bits per heavy atom. The number of nitrogens with one attached hydrogen (secondary N) is 1. The number of anilines is 1. The zero-order valence-corrected chi connectivity index (χ0v) is 18.5. The van der Waals surface area contributed by atoms with Crippen LogP contribution in [0.25, 0.3) is 0 Å². The normalized spacial score (nSPS) is 14.5. The molecule has 9 heteroatoms. The fraction of sp³-hybridized carbons (Fsp3) is 0.318. The lowest BCUT2D eigenvalue weighted by Gasteiger charge is -2.21. The van der Waals surface area contributed by atoms with Crippen molar-refractivity contribution in [1.82, 2.24) is 9.62 Å². The molecule has 3 rings (SSSR count). The van der Waals surface area contributed by atoms with E-state index in [4.69, 9.17) is 0 Å². The molecular weight excluding hydrogens is 418 g/mol. The van der Waals surface area contributed by atoms with Gasteiger partial charge in [-0.25, -0.2) is 8.42 Å². The Balaban J connectivity index is 1.67. The maximum absolute atomic E-state index is 12.5. The first kappa shape index (κ1) is 22.6. The largest absolute Gasteiger partial charge is 0.348 e. The van der Waals surface area contributed by atoms with Gasteiger partial charge in [-0.05, 0) is 49.7 Å². The first-order valence-corrected chi connectivity index (χ1v) is 11.4. The van der Waals surface area contributed by atoms with Gasteiger partial charge in [-0.2, -0.15) is 4.31 Å². The van der Waals surface area contributed by atoms with E-state index in [0.29, 0.717) is 11.3 Å². The molecule has 2 aromatic rings. The number of hydrogen-bond donors (Lipinski definition) is 1. The lowest BCUT2D eigenvalue weighted by atomic mass is 10.1. The summed E-state index contributed by atoms with van der Waals surface area (Å²) in [5, 5.41) is 2.77. The number of amides is 3. The smallest absolute Gasteiger partial charge is 0.251 e. The van der Waals surface area contributed by atoms with Crippen molar-refractivity contribution in [3.63, 3.8) is 0 Å². The van der Waals surface area contributed by atoms with Crippen LogP contribution in [-0.4, -0.2) is 43.5 Å². The van der Waals surface area contributed by atoms with Gasteiger partial charge in [0, 0.05) is 38.0 Å². The van der Waals surface area contributed by atoms with Crippen molar-refractivity contribution in [2.45, 2.75) is 44.2 Å². The van der Waals surface area contributed by atoms with Gasteiger partial charge in [-0.3, -0.25) is 19.3 Å². The average Bonchev–Trinajstić information content (AvgIpc) is 3.09. The van der Waals surface area contributed by atoms with Crippen LogP contribution in [0.2, 0.25) is 0 Å². The number of sulfonamides is 1. The second-order valence-corrected chi connectivity index (χ2v) is 9.61. The Morgan fingerprint density at radius 2 is 1.68 bits per heavy atom. The molecule has 1 aliphatic rings. The van der Waals surface area contributed by atoms with E-state index < -0.39 is 10.0 Å². The minimum atomic E-state index is -3.56. The molecular formula is C22H25N3O5S. The highest BCUT2D eigenvalue weighted by Crippen LogP contribution is 2.23. The molecule has 0 bridgehead atoms. The number of hydrogen-bond acceptors (Lipinski definition) is 5. The SMILES string of the molecule is CC(C)N(C)S(=O)(=O)c1ccc(CNC(=O)c2cccc(N3C(=O)CCC3=O)c2)cc1. The topological polar surface area (TPSA) is 104 Å². The highest BCUT2D eigenvalue weighted by atomic mass is 32.2. The molecule has 1 heterocycles. The van der Waals surface area contributed by atoms with Crippen LogP contribution in [-0.2, 0) is 26.2 Å². The number of carbonyl (C=O) groups is 3. The molecule has 8 nitrogen and oxygen atoms in total. The molecule has 0 spiro atoms. The van der Waals surface area contributed by atoms with E-state index in [1.165, 1.54) is 29.6 Å². The van der Waals surface area contributed by atoms with Gasteiger partial charge in [-0.1, -0.05) is 18.2 Å². The molecule has 31 heavy (non-hydrogen) atoms. The van der Waals surface area contributed by atoms with Gasteiger partial charge >= 0.3 is 0 Å². The summed E-state index contributed by atoms with van der Waals surface area (Å²) in [5.41, 5.74) is 1.44. The van der Waals surface area contributed by atoms with E-state index >= 15 is 0 Å². The first-order valence-electron chi connectivity index (χ1n) is 9.92. The van der Waals surface area contributed by atoms with Crippen LogP contribution < -0.4 is 10.2 Å². The third kappa shape index (κ3) is 4.83. The lowest BCUT2D eigenvalue weighted by molar-refractivity contribution is -0.121. The first-order chi connectivity index (χ1) is 14.6. The van der Waals surface area contributed by atoms with Crippen LogP contribution >= 0.6 is 0 Å². The molecule has 1 N–H and O–H groups in total. The minimum absolute atomic E-state index is 0.161. The van der Waals surface area contributed by atoms with Crippen molar-refractivity contribution in [3.05, 3.63) is 59.7 Å². The van der Waals surface area contributed by atoms with Crippen molar-refractivity contribution in [2.75, 3.05) is 11.9 Å². The molecule has 3 amide bonds. The van der Waals surface area contributed by atoms with E-state index in [9.17, 15) is 22.8 Å². The average molecular weight is 444 g/mol. The summed E-state index contributed by atoms with van der Waals surface area (Å²) in [6.45, 7) is 3.79. The van der Waals surface area contributed by atoms with Gasteiger partial charge in [0.15, 0.2) is 0 Å².